The molecule has 2 nitrogen and oxygen atoms in total. The van der Waals surface area contributed by atoms with E-state index in [0.29, 0.717) is 0 Å². The van der Waals surface area contributed by atoms with Gasteiger partial charge in [-0.1, -0.05) is 12.1 Å². The maximum absolute atomic E-state index is 6.39. The van der Waals surface area contributed by atoms with Crippen molar-refractivity contribution in [2.75, 3.05) is 6.61 Å². The number of rotatable bonds is 2. The second-order valence-corrected chi connectivity index (χ2v) is 6.27. The van der Waals surface area contributed by atoms with Gasteiger partial charge in [-0.15, -0.1) is 11.3 Å². The minimum Gasteiger partial charge on any atom is -0.493 e. The smallest absolute Gasteiger partial charge is 0.122 e. The van der Waals surface area contributed by atoms with Gasteiger partial charge >= 0.3 is 0 Å². The standard InChI is InChI=1S/C15H17NOS/c1-9-7-13(10(2)18-9)15(16)12-3-4-14-11(8-12)5-6-17-14/h3-4,7-8,15H,5-6,16H2,1-2H3. The van der Waals surface area contributed by atoms with Crippen LogP contribution in [-0.2, 0) is 6.42 Å². The van der Waals surface area contributed by atoms with Crippen molar-refractivity contribution in [2.45, 2.75) is 26.3 Å². The molecule has 2 heterocycles. The highest BCUT2D eigenvalue weighted by Gasteiger charge is 2.17. The Hall–Kier alpha value is -1.32. The summed E-state index contributed by atoms with van der Waals surface area (Å²) in [6.07, 6.45) is 0.998. The second-order valence-electron chi connectivity index (χ2n) is 4.81. The van der Waals surface area contributed by atoms with Crippen LogP contribution in [-0.4, -0.2) is 6.61 Å². The van der Waals surface area contributed by atoms with Gasteiger partial charge in [-0.05, 0) is 42.7 Å². The molecule has 2 aromatic rings. The zero-order valence-corrected chi connectivity index (χ0v) is 11.5. The Morgan fingerprint density at radius 3 is 2.83 bits per heavy atom. The summed E-state index contributed by atoms with van der Waals surface area (Å²) < 4.78 is 5.53. The summed E-state index contributed by atoms with van der Waals surface area (Å²) in [5.41, 5.74) is 10.1. The summed E-state index contributed by atoms with van der Waals surface area (Å²) in [5.74, 6) is 1.02. The van der Waals surface area contributed by atoms with E-state index in [4.69, 9.17) is 10.5 Å². The molecule has 1 aliphatic heterocycles. The molecule has 0 bridgehead atoms. The first-order valence-electron chi connectivity index (χ1n) is 6.23. The number of fused-ring (bicyclic) bond motifs is 1. The third kappa shape index (κ3) is 1.93. The van der Waals surface area contributed by atoms with Gasteiger partial charge in [0.2, 0.25) is 0 Å². The van der Waals surface area contributed by atoms with Crippen LogP contribution < -0.4 is 10.5 Å². The Morgan fingerprint density at radius 2 is 2.11 bits per heavy atom. The molecule has 0 fully saturated rings. The molecule has 0 saturated heterocycles. The molecular formula is C15H17NOS. The van der Waals surface area contributed by atoms with Crippen LogP contribution in [0.3, 0.4) is 0 Å². The van der Waals surface area contributed by atoms with E-state index in [1.54, 1.807) is 0 Å². The van der Waals surface area contributed by atoms with E-state index in [1.807, 2.05) is 17.4 Å². The maximum Gasteiger partial charge on any atom is 0.122 e. The van der Waals surface area contributed by atoms with Crippen LogP contribution in [0.4, 0.5) is 0 Å². The normalized spacial score (nSPS) is 15.3. The van der Waals surface area contributed by atoms with Crippen molar-refractivity contribution in [3.63, 3.8) is 0 Å². The minimum absolute atomic E-state index is 0.0270. The lowest BCUT2D eigenvalue weighted by atomic mass is 9.97. The molecule has 3 rings (SSSR count). The van der Waals surface area contributed by atoms with E-state index in [-0.39, 0.29) is 6.04 Å². The van der Waals surface area contributed by atoms with Crippen molar-refractivity contribution in [2.24, 2.45) is 5.73 Å². The zero-order valence-electron chi connectivity index (χ0n) is 10.7. The van der Waals surface area contributed by atoms with Crippen molar-refractivity contribution < 1.29 is 4.74 Å². The number of ether oxygens (including phenoxy) is 1. The van der Waals surface area contributed by atoms with Gasteiger partial charge in [0.05, 0.1) is 12.6 Å². The summed E-state index contributed by atoms with van der Waals surface area (Å²) >= 11 is 1.81. The quantitative estimate of drug-likeness (QED) is 0.897. The molecule has 0 saturated carbocycles. The molecule has 2 N–H and O–H groups in total. The van der Waals surface area contributed by atoms with Gasteiger partial charge in [0.25, 0.3) is 0 Å². The van der Waals surface area contributed by atoms with Gasteiger partial charge in [0, 0.05) is 16.2 Å². The first-order valence-corrected chi connectivity index (χ1v) is 7.05. The highest BCUT2D eigenvalue weighted by atomic mass is 32.1. The van der Waals surface area contributed by atoms with Crippen molar-refractivity contribution in [1.82, 2.24) is 0 Å². The largest absolute Gasteiger partial charge is 0.493 e. The van der Waals surface area contributed by atoms with Crippen molar-refractivity contribution in [3.8, 4) is 5.75 Å². The third-order valence-electron chi connectivity index (χ3n) is 3.49. The van der Waals surface area contributed by atoms with Crippen LogP contribution >= 0.6 is 11.3 Å². The van der Waals surface area contributed by atoms with Crippen LogP contribution in [0.2, 0.25) is 0 Å². The summed E-state index contributed by atoms with van der Waals surface area (Å²) in [6.45, 7) is 5.07. The van der Waals surface area contributed by atoms with E-state index >= 15 is 0 Å². The number of thiophene rings is 1. The Kier molecular flexibility index (Phi) is 2.88. The monoisotopic (exact) mass is 259 g/mol. The molecule has 1 aliphatic rings. The maximum atomic E-state index is 6.39. The first kappa shape index (κ1) is 11.8. The third-order valence-corrected chi connectivity index (χ3v) is 4.47. The topological polar surface area (TPSA) is 35.2 Å². The number of nitrogens with two attached hydrogens (primary N) is 1. The molecule has 0 spiro atoms. The number of hydrogen-bond acceptors (Lipinski definition) is 3. The van der Waals surface area contributed by atoms with Gasteiger partial charge in [0.1, 0.15) is 5.75 Å². The Labute approximate surface area is 111 Å². The van der Waals surface area contributed by atoms with E-state index in [1.165, 1.54) is 26.4 Å². The molecule has 1 unspecified atom stereocenters. The second kappa shape index (κ2) is 4.41. The SMILES string of the molecule is Cc1cc(C(N)c2ccc3c(c2)CCO3)c(C)s1. The van der Waals surface area contributed by atoms with Gasteiger partial charge < -0.3 is 10.5 Å². The summed E-state index contributed by atoms with van der Waals surface area (Å²) in [5, 5.41) is 0. The van der Waals surface area contributed by atoms with Crippen LogP contribution in [0, 0.1) is 13.8 Å². The van der Waals surface area contributed by atoms with Crippen LogP contribution in [0.5, 0.6) is 5.75 Å². The molecule has 1 aromatic heterocycles. The summed E-state index contributed by atoms with van der Waals surface area (Å²) in [7, 11) is 0. The molecule has 1 aromatic carbocycles. The van der Waals surface area contributed by atoms with Crippen molar-refractivity contribution >= 4 is 11.3 Å². The molecule has 1 atom stereocenters. The van der Waals surface area contributed by atoms with Crippen LogP contribution in [0.25, 0.3) is 0 Å². The average molecular weight is 259 g/mol. The predicted molar refractivity (Wildman–Crippen MR) is 75.5 cm³/mol. The fourth-order valence-electron chi connectivity index (χ4n) is 2.54. The van der Waals surface area contributed by atoms with Gasteiger partial charge in [-0.2, -0.15) is 0 Å². The number of benzene rings is 1. The zero-order chi connectivity index (χ0) is 12.7. The highest BCUT2D eigenvalue weighted by molar-refractivity contribution is 7.12. The average Bonchev–Trinajstić information content (AvgIpc) is 2.93. The van der Waals surface area contributed by atoms with E-state index in [9.17, 15) is 0 Å². The molecule has 0 aliphatic carbocycles. The lowest BCUT2D eigenvalue weighted by Gasteiger charge is -2.13. The fourth-order valence-corrected chi connectivity index (χ4v) is 3.51. The number of aryl methyl sites for hydroxylation is 2. The highest BCUT2D eigenvalue weighted by Crippen LogP contribution is 2.32. The Morgan fingerprint density at radius 1 is 1.28 bits per heavy atom. The molecule has 0 radical (unpaired) electrons. The fraction of sp³-hybridized carbons (Fsp3) is 0.333. The van der Waals surface area contributed by atoms with E-state index in [0.717, 1.165) is 18.8 Å². The predicted octanol–water partition coefficient (Wildman–Crippen LogP) is 3.35. The molecular weight excluding hydrogens is 242 g/mol. The number of hydrogen-bond donors (Lipinski definition) is 1. The van der Waals surface area contributed by atoms with Crippen LogP contribution in [0.1, 0.15) is 32.5 Å². The molecule has 0 amide bonds. The first-order chi connectivity index (χ1) is 8.65. The summed E-state index contributed by atoms with van der Waals surface area (Å²) in [6, 6.07) is 8.50. The van der Waals surface area contributed by atoms with Crippen LogP contribution in [0.15, 0.2) is 24.3 Å². The Bertz CT molecular complexity index is 588. The van der Waals surface area contributed by atoms with E-state index in [2.05, 4.69) is 32.0 Å². The van der Waals surface area contributed by atoms with E-state index < -0.39 is 0 Å². The molecule has 94 valence electrons. The summed E-state index contributed by atoms with van der Waals surface area (Å²) in [4.78, 5) is 2.64. The van der Waals surface area contributed by atoms with Crippen molar-refractivity contribution in [1.29, 1.82) is 0 Å². The molecule has 18 heavy (non-hydrogen) atoms. The van der Waals surface area contributed by atoms with Gasteiger partial charge in [-0.3, -0.25) is 0 Å². The van der Waals surface area contributed by atoms with Gasteiger partial charge in [0.15, 0.2) is 0 Å². The lowest BCUT2D eigenvalue weighted by molar-refractivity contribution is 0.357. The van der Waals surface area contributed by atoms with Gasteiger partial charge in [-0.25, -0.2) is 0 Å². The Balaban J connectivity index is 1.97. The minimum atomic E-state index is -0.0270. The lowest BCUT2D eigenvalue weighted by Crippen LogP contribution is -2.12. The molecule has 3 heteroatoms. The van der Waals surface area contributed by atoms with Crippen molar-refractivity contribution in [3.05, 3.63) is 50.7 Å².